The number of rotatable bonds is 4. The van der Waals surface area contributed by atoms with Crippen molar-refractivity contribution in [2.45, 2.75) is 45.3 Å². The van der Waals surface area contributed by atoms with E-state index < -0.39 is 0 Å². The van der Waals surface area contributed by atoms with Gasteiger partial charge < -0.3 is 20.1 Å². The summed E-state index contributed by atoms with van der Waals surface area (Å²) in [6.45, 7) is 7.95. The third kappa shape index (κ3) is 3.39. The normalized spacial score (nSPS) is 21.0. The molecule has 1 aromatic rings. The van der Waals surface area contributed by atoms with Crippen molar-refractivity contribution in [3.8, 4) is 0 Å². The first-order chi connectivity index (χ1) is 10.6. The molecule has 2 saturated heterocycles. The van der Waals surface area contributed by atoms with E-state index in [2.05, 4.69) is 36.9 Å². The maximum Gasteiger partial charge on any atom is 0.171 e. The molecule has 0 aromatic heterocycles. The minimum Gasteiger partial charge on any atom is -0.399 e. The fraction of sp³-hybridized carbons (Fsp3) is 0.667. The number of hydrogen-bond donors (Lipinski definition) is 1. The lowest BCUT2D eigenvalue weighted by atomic mass is 9.99. The number of hydrogen-bond acceptors (Lipinski definition) is 4. The zero-order valence-electron chi connectivity index (χ0n) is 13.8. The van der Waals surface area contributed by atoms with Crippen LogP contribution in [0.2, 0.25) is 0 Å². The van der Waals surface area contributed by atoms with Crippen LogP contribution in [0, 0.1) is 5.92 Å². The van der Waals surface area contributed by atoms with Gasteiger partial charge in [-0.1, -0.05) is 13.8 Å². The predicted molar refractivity (Wildman–Crippen MR) is 90.1 cm³/mol. The van der Waals surface area contributed by atoms with Crippen molar-refractivity contribution in [2.75, 3.05) is 36.9 Å². The van der Waals surface area contributed by atoms with Crippen LogP contribution in [0.15, 0.2) is 18.2 Å². The number of nitrogens with two attached hydrogens (primary N) is 1. The summed E-state index contributed by atoms with van der Waals surface area (Å²) in [6.07, 6.45) is 4.12. The Morgan fingerprint density at radius 2 is 1.86 bits per heavy atom. The predicted octanol–water partition coefficient (Wildman–Crippen LogP) is 3.20. The van der Waals surface area contributed by atoms with Crippen molar-refractivity contribution in [3.63, 3.8) is 0 Å². The van der Waals surface area contributed by atoms with Crippen LogP contribution in [0.5, 0.6) is 0 Å². The molecule has 4 heteroatoms. The van der Waals surface area contributed by atoms with E-state index in [0.29, 0.717) is 5.92 Å². The quantitative estimate of drug-likeness (QED) is 0.868. The van der Waals surface area contributed by atoms with E-state index in [9.17, 15) is 0 Å². The summed E-state index contributed by atoms with van der Waals surface area (Å²) in [4.78, 5) is 2.43. The van der Waals surface area contributed by atoms with Crippen LogP contribution >= 0.6 is 0 Å². The summed E-state index contributed by atoms with van der Waals surface area (Å²) in [5.74, 6) is 0.402. The van der Waals surface area contributed by atoms with Gasteiger partial charge in [-0.25, -0.2) is 0 Å². The van der Waals surface area contributed by atoms with Gasteiger partial charge in [-0.05, 0) is 42.5 Å². The molecule has 4 nitrogen and oxygen atoms in total. The topological polar surface area (TPSA) is 47.7 Å². The zero-order chi connectivity index (χ0) is 15.6. The summed E-state index contributed by atoms with van der Waals surface area (Å²) in [7, 11) is 0. The van der Waals surface area contributed by atoms with E-state index in [4.69, 9.17) is 15.2 Å². The maximum absolute atomic E-state index is 6.14. The van der Waals surface area contributed by atoms with Crippen LogP contribution in [0.3, 0.4) is 0 Å². The molecule has 3 rings (SSSR count). The van der Waals surface area contributed by atoms with Crippen molar-refractivity contribution in [1.82, 2.24) is 0 Å². The standard InChI is InChI=1S/C18H28N2O2/c1-14(2)3-4-15-13-16(5-6-17(15)19)20-9-7-18(8-10-20)21-11-12-22-18/h5-6,13-14H,3-4,7-12,19H2,1-2H3. The van der Waals surface area contributed by atoms with Gasteiger partial charge in [-0.2, -0.15) is 0 Å². The van der Waals surface area contributed by atoms with E-state index in [0.717, 1.165) is 51.3 Å². The minimum atomic E-state index is -0.301. The van der Waals surface area contributed by atoms with Crippen LogP contribution in [0.25, 0.3) is 0 Å². The summed E-state index contributed by atoms with van der Waals surface area (Å²) in [5, 5.41) is 0. The third-order valence-electron chi connectivity index (χ3n) is 4.82. The van der Waals surface area contributed by atoms with Crippen LogP contribution in [-0.2, 0) is 15.9 Å². The fourth-order valence-electron chi connectivity index (χ4n) is 3.34. The second-order valence-electron chi connectivity index (χ2n) is 6.91. The molecule has 2 aliphatic rings. The molecule has 0 saturated carbocycles. The van der Waals surface area contributed by atoms with Crippen LogP contribution in [0.4, 0.5) is 11.4 Å². The Morgan fingerprint density at radius 3 is 2.50 bits per heavy atom. The maximum atomic E-state index is 6.14. The lowest BCUT2D eigenvalue weighted by molar-refractivity contribution is -0.169. The van der Waals surface area contributed by atoms with Gasteiger partial charge in [0.25, 0.3) is 0 Å². The highest BCUT2D eigenvalue weighted by Crippen LogP contribution is 2.34. The molecule has 1 aromatic carbocycles. The Morgan fingerprint density at radius 1 is 1.18 bits per heavy atom. The molecule has 2 aliphatic heterocycles. The van der Waals surface area contributed by atoms with Crippen LogP contribution in [-0.4, -0.2) is 32.1 Å². The number of piperidine rings is 1. The minimum absolute atomic E-state index is 0.301. The van der Waals surface area contributed by atoms with Gasteiger partial charge in [0, 0.05) is 37.3 Å². The number of anilines is 2. The Hall–Kier alpha value is -1.26. The number of nitrogen functional groups attached to an aromatic ring is 1. The average molecular weight is 304 g/mol. The molecule has 22 heavy (non-hydrogen) atoms. The van der Waals surface area contributed by atoms with Gasteiger partial charge in [0.05, 0.1) is 13.2 Å². The monoisotopic (exact) mass is 304 g/mol. The number of nitrogens with zero attached hydrogens (tertiary/aromatic N) is 1. The van der Waals surface area contributed by atoms with E-state index in [1.165, 1.54) is 17.7 Å². The lowest BCUT2D eigenvalue weighted by Crippen LogP contribution is -2.45. The van der Waals surface area contributed by atoms with Crippen molar-refractivity contribution >= 4 is 11.4 Å². The molecule has 0 unspecified atom stereocenters. The lowest BCUT2D eigenvalue weighted by Gasteiger charge is -2.38. The molecule has 0 amide bonds. The number of ether oxygens (including phenoxy) is 2. The van der Waals surface area contributed by atoms with Gasteiger partial charge in [0.2, 0.25) is 0 Å². The first-order valence-corrected chi connectivity index (χ1v) is 8.49. The van der Waals surface area contributed by atoms with Crippen molar-refractivity contribution in [2.24, 2.45) is 5.92 Å². The smallest absolute Gasteiger partial charge is 0.171 e. The second-order valence-corrected chi connectivity index (χ2v) is 6.91. The van der Waals surface area contributed by atoms with Gasteiger partial charge >= 0.3 is 0 Å². The van der Waals surface area contributed by atoms with E-state index in [1.807, 2.05) is 0 Å². The molecule has 0 bridgehead atoms. The highest BCUT2D eigenvalue weighted by Gasteiger charge is 2.39. The summed E-state index contributed by atoms with van der Waals surface area (Å²) in [6, 6.07) is 6.46. The van der Waals surface area contributed by atoms with Gasteiger partial charge in [-0.15, -0.1) is 0 Å². The van der Waals surface area contributed by atoms with Crippen molar-refractivity contribution in [3.05, 3.63) is 23.8 Å². The van der Waals surface area contributed by atoms with Gasteiger partial charge in [0.1, 0.15) is 0 Å². The summed E-state index contributed by atoms with van der Waals surface area (Å²) in [5.41, 5.74) is 9.61. The number of benzene rings is 1. The summed E-state index contributed by atoms with van der Waals surface area (Å²) < 4.78 is 11.6. The molecule has 0 atom stereocenters. The molecular formula is C18H28N2O2. The van der Waals surface area contributed by atoms with Crippen molar-refractivity contribution in [1.29, 1.82) is 0 Å². The highest BCUT2D eigenvalue weighted by atomic mass is 16.7. The molecule has 2 N–H and O–H groups in total. The van der Waals surface area contributed by atoms with E-state index >= 15 is 0 Å². The molecule has 2 heterocycles. The molecule has 122 valence electrons. The highest BCUT2D eigenvalue weighted by molar-refractivity contribution is 5.58. The van der Waals surface area contributed by atoms with Crippen LogP contribution < -0.4 is 10.6 Å². The first kappa shape index (κ1) is 15.6. The molecule has 1 spiro atoms. The Bertz CT molecular complexity index is 500. The third-order valence-corrected chi connectivity index (χ3v) is 4.82. The molecule has 0 aliphatic carbocycles. The van der Waals surface area contributed by atoms with Crippen molar-refractivity contribution < 1.29 is 9.47 Å². The SMILES string of the molecule is CC(C)CCc1cc(N2CCC3(CC2)OCCO3)ccc1N. The molecule has 2 fully saturated rings. The molecular weight excluding hydrogens is 276 g/mol. The Labute approximate surface area is 133 Å². The molecule has 0 radical (unpaired) electrons. The van der Waals surface area contributed by atoms with Crippen LogP contribution in [0.1, 0.15) is 38.7 Å². The average Bonchev–Trinajstić information content (AvgIpc) is 2.95. The second kappa shape index (κ2) is 6.47. The summed E-state index contributed by atoms with van der Waals surface area (Å²) >= 11 is 0. The first-order valence-electron chi connectivity index (χ1n) is 8.49. The zero-order valence-corrected chi connectivity index (χ0v) is 13.8. The van der Waals surface area contributed by atoms with Gasteiger partial charge in [-0.3, -0.25) is 0 Å². The Kier molecular flexibility index (Phi) is 4.59. The van der Waals surface area contributed by atoms with E-state index in [-0.39, 0.29) is 5.79 Å². The van der Waals surface area contributed by atoms with E-state index in [1.54, 1.807) is 0 Å². The van der Waals surface area contributed by atoms with Gasteiger partial charge in [0.15, 0.2) is 5.79 Å². The number of aryl methyl sites for hydroxylation is 1. The Balaban J connectivity index is 1.66. The largest absolute Gasteiger partial charge is 0.399 e. The fourth-order valence-corrected chi connectivity index (χ4v) is 3.34.